The van der Waals surface area contributed by atoms with Crippen molar-refractivity contribution in [1.82, 2.24) is 5.32 Å². The van der Waals surface area contributed by atoms with Gasteiger partial charge in [-0.2, -0.15) is 0 Å². The first-order valence-electron chi connectivity index (χ1n) is 8.14. The second kappa shape index (κ2) is 7.41. The van der Waals surface area contributed by atoms with Gasteiger partial charge in [-0.3, -0.25) is 9.59 Å². The molecule has 27 heavy (non-hydrogen) atoms. The van der Waals surface area contributed by atoms with E-state index in [9.17, 15) is 14.7 Å². The second-order valence-electron chi connectivity index (χ2n) is 5.84. The zero-order valence-corrected chi connectivity index (χ0v) is 15.1. The zero-order valence-electron chi connectivity index (χ0n) is 15.1. The molecule has 0 unspecified atom stereocenters. The van der Waals surface area contributed by atoms with Gasteiger partial charge in [-0.25, -0.2) is 0 Å². The Balaban J connectivity index is 2.12. The third-order valence-corrected chi connectivity index (χ3v) is 4.35. The number of carbonyl (C=O) groups is 2. The predicted octanol–water partition coefficient (Wildman–Crippen LogP) is 2.42. The minimum atomic E-state index is -0.784. The van der Waals surface area contributed by atoms with Gasteiger partial charge in [0.05, 0.1) is 32.9 Å². The van der Waals surface area contributed by atoms with Crippen LogP contribution in [0.1, 0.15) is 17.2 Å². The van der Waals surface area contributed by atoms with Gasteiger partial charge in [0.25, 0.3) is 11.7 Å². The van der Waals surface area contributed by atoms with Crippen LogP contribution in [0, 0.1) is 0 Å². The molecular weight excluding hydrogens is 350 g/mol. The Bertz CT molecular complexity index is 934. The number of ether oxygens (including phenoxy) is 3. The number of ketones is 1. The lowest BCUT2D eigenvalue weighted by atomic mass is 9.95. The van der Waals surface area contributed by atoms with Crippen LogP contribution < -0.4 is 19.5 Å². The summed E-state index contributed by atoms with van der Waals surface area (Å²) in [6.07, 6.45) is 0. The van der Waals surface area contributed by atoms with Crippen molar-refractivity contribution in [3.05, 3.63) is 59.2 Å². The van der Waals surface area contributed by atoms with Gasteiger partial charge in [0.2, 0.25) is 0 Å². The maximum atomic E-state index is 12.4. The summed E-state index contributed by atoms with van der Waals surface area (Å²) < 4.78 is 15.6. The lowest BCUT2D eigenvalue weighted by molar-refractivity contribution is -0.133. The molecule has 1 aliphatic rings. The molecule has 2 aromatic rings. The maximum absolute atomic E-state index is 12.4. The van der Waals surface area contributed by atoms with Gasteiger partial charge in [-0.05, 0) is 35.9 Å². The summed E-state index contributed by atoms with van der Waals surface area (Å²) in [6, 6.07) is 10.9. The van der Waals surface area contributed by atoms with Gasteiger partial charge < -0.3 is 24.6 Å². The van der Waals surface area contributed by atoms with Crippen molar-refractivity contribution in [2.45, 2.75) is 6.04 Å². The predicted molar refractivity (Wildman–Crippen MR) is 98.0 cm³/mol. The highest BCUT2D eigenvalue weighted by Gasteiger charge is 2.39. The van der Waals surface area contributed by atoms with Gasteiger partial charge in [0, 0.05) is 5.56 Å². The van der Waals surface area contributed by atoms with Crippen molar-refractivity contribution in [2.75, 3.05) is 21.3 Å². The largest absolute Gasteiger partial charge is 0.507 e. The summed E-state index contributed by atoms with van der Waals surface area (Å²) in [4.78, 5) is 24.4. The first kappa shape index (κ1) is 18.3. The van der Waals surface area contributed by atoms with Crippen molar-refractivity contribution in [3.8, 4) is 17.2 Å². The average Bonchev–Trinajstić information content (AvgIpc) is 3.01. The molecule has 0 bridgehead atoms. The summed E-state index contributed by atoms with van der Waals surface area (Å²) in [5, 5.41) is 13.4. The Labute approximate surface area is 156 Å². The number of aliphatic hydroxyl groups is 1. The van der Waals surface area contributed by atoms with Gasteiger partial charge in [0.15, 0.2) is 11.5 Å². The summed E-state index contributed by atoms with van der Waals surface area (Å²) in [5.41, 5.74) is 0.927. The quantitative estimate of drug-likeness (QED) is 0.478. The molecule has 7 heteroatoms. The minimum absolute atomic E-state index is 0.0273. The molecule has 0 aromatic heterocycles. The Morgan fingerprint density at radius 1 is 0.963 bits per heavy atom. The number of nitrogens with one attached hydrogen (secondary N) is 1. The smallest absolute Gasteiger partial charge is 0.293 e. The van der Waals surface area contributed by atoms with Crippen LogP contribution in [0.5, 0.6) is 17.2 Å². The molecular formula is C20H19NO6. The van der Waals surface area contributed by atoms with Gasteiger partial charge >= 0.3 is 0 Å². The second-order valence-corrected chi connectivity index (χ2v) is 5.84. The van der Waals surface area contributed by atoms with E-state index >= 15 is 0 Å². The van der Waals surface area contributed by atoms with E-state index in [1.54, 1.807) is 42.5 Å². The zero-order chi connectivity index (χ0) is 19.6. The van der Waals surface area contributed by atoms with Crippen LogP contribution in [0.25, 0.3) is 5.76 Å². The molecule has 1 fully saturated rings. The molecule has 1 aliphatic heterocycles. The van der Waals surface area contributed by atoms with Crippen molar-refractivity contribution < 1.29 is 28.9 Å². The van der Waals surface area contributed by atoms with Crippen LogP contribution in [0.4, 0.5) is 0 Å². The fraction of sp³-hybridized carbons (Fsp3) is 0.200. The highest BCUT2D eigenvalue weighted by atomic mass is 16.5. The molecule has 0 spiro atoms. The van der Waals surface area contributed by atoms with Gasteiger partial charge in [0.1, 0.15) is 11.5 Å². The molecule has 1 saturated heterocycles. The fourth-order valence-electron chi connectivity index (χ4n) is 2.98. The number of carbonyl (C=O) groups excluding carboxylic acids is 2. The monoisotopic (exact) mass is 369 g/mol. The van der Waals surface area contributed by atoms with E-state index in [0.29, 0.717) is 28.4 Å². The summed E-state index contributed by atoms with van der Waals surface area (Å²) in [6.45, 7) is 0. The molecule has 1 heterocycles. The Morgan fingerprint density at radius 2 is 1.70 bits per heavy atom. The Morgan fingerprint density at radius 3 is 2.37 bits per heavy atom. The number of aliphatic hydroxyl groups excluding tert-OH is 1. The highest BCUT2D eigenvalue weighted by molar-refractivity contribution is 6.46. The normalized spacial score (nSPS) is 18.1. The third kappa shape index (κ3) is 3.31. The highest BCUT2D eigenvalue weighted by Crippen LogP contribution is 2.36. The number of amides is 1. The number of rotatable bonds is 5. The molecule has 7 nitrogen and oxygen atoms in total. The fourth-order valence-corrected chi connectivity index (χ4v) is 2.98. The summed E-state index contributed by atoms with van der Waals surface area (Å²) in [7, 11) is 4.49. The Kier molecular flexibility index (Phi) is 5.03. The molecule has 140 valence electrons. The first-order chi connectivity index (χ1) is 13.0. The van der Waals surface area contributed by atoms with Crippen molar-refractivity contribution in [3.63, 3.8) is 0 Å². The van der Waals surface area contributed by atoms with E-state index < -0.39 is 17.7 Å². The maximum Gasteiger partial charge on any atom is 0.293 e. The SMILES string of the molecule is COc1cccc([C@@H]2NC(=O)C(=O)C2=C(O)c2ccc(OC)c(OC)c2)c1. The standard InChI is InChI=1S/C20H19NO6/c1-25-13-6-4-5-11(9-13)17-16(19(23)20(24)21-17)18(22)12-7-8-14(26-2)15(10-12)27-3/h4-10,17,22H,1-3H3,(H,21,24)/t17-/m0/s1. The van der Waals surface area contributed by atoms with Crippen LogP contribution in [-0.2, 0) is 9.59 Å². The van der Waals surface area contributed by atoms with E-state index in [1.165, 1.54) is 21.3 Å². The molecule has 3 rings (SSSR count). The van der Waals surface area contributed by atoms with E-state index in [2.05, 4.69) is 5.32 Å². The van der Waals surface area contributed by atoms with Crippen LogP contribution in [-0.4, -0.2) is 38.1 Å². The number of hydrogen-bond acceptors (Lipinski definition) is 6. The average molecular weight is 369 g/mol. The number of Topliss-reactive ketones (excluding diaryl/α,β-unsaturated/α-hetero) is 1. The van der Waals surface area contributed by atoms with Crippen LogP contribution in [0.15, 0.2) is 48.0 Å². The van der Waals surface area contributed by atoms with E-state index in [0.717, 1.165) is 0 Å². The van der Waals surface area contributed by atoms with Gasteiger partial charge in [-0.1, -0.05) is 12.1 Å². The summed E-state index contributed by atoms with van der Waals surface area (Å²) >= 11 is 0. The van der Waals surface area contributed by atoms with E-state index in [4.69, 9.17) is 14.2 Å². The molecule has 0 aliphatic carbocycles. The molecule has 0 radical (unpaired) electrons. The first-order valence-corrected chi connectivity index (χ1v) is 8.14. The lowest BCUT2D eigenvalue weighted by Crippen LogP contribution is -2.21. The Hall–Kier alpha value is -3.48. The number of hydrogen-bond donors (Lipinski definition) is 2. The third-order valence-electron chi connectivity index (χ3n) is 4.35. The molecule has 1 amide bonds. The van der Waals surface area contributed by atoms with Crippen LogP contribution in [0.2, 0.25) is 0 Å². The topological polar surface area (TPSA) is 94.1 Å². The van der Waals surface area contributed by atoms with Crippen molar-refractivity contribution in [1.29, 1.82) is 0 Å². The van der Waals surface area contributed by atoms with Crippen LogP contribution >= 0.6 is 0 Å². The molecule has 2 N–H and O–H groups in total. The minimum Gasteiger partial charge on any atom is -0.507 e. The molecule has 0 saturated carbocycles. The lowest BCUT2D eigenvalue weighted by Gasteiger charge is -2.15. The van der Waals surface area contributed by atoms with Gasteiger partial charge in [-0.15, -0.1) is 0 Å². The van der Waals surface area contributed by atoms with E-state index in [1.807, 2.05) is 0 Å². The molecule has 2 aromatic carbocycles. The molecule has 1 atom stereocenters. The summed E-state index contributed by atoms with van der Waals surface area (Å²) in [5.74, 6) is -0.404. The van der Waals surface area contributed by atoms with E-state index in [-0.39, 0.29) is 11.3 Å². The van der Waals surface area contributed by atoms with Crippen LogP contribution in [0.3, 0.4) is 0 Å². The van der Waals surface area contributed by atoms with Crippen molar-refractivity contribution >= 4 is 17.4 Å². The number of methoxy groups -OCH3 is 3. The van der Waals surface area contributed by atoms with Crippen molar-refractivity contribution in [2.24, 2.45) is 0 Å². The number of benzene rings is 2.